The van der Waals surface area contributed by atoms with Gasteiger partial charge in [-0.1, -0.05) is 6.92 Å². The molecule has 0 atom stereocenters. The van der Waals surface area contributed by atoms with Crippen molar-refractivity contribution in [1.29, 1.82) is 0 Å². The fourth-order valence-electron chi connectivity index (χ4n) is 2.07. The van der Waals surface area contributed by atoms with Crippen LogP contribution in [0.2, 0.25) is 0 Å². The van der Waals surface area contributed by atoms with Crippen LogP contribution in [0.15, 0.2) is 17.0 Å². The first-order valence-corrected chi connectivity index (χ1v) is 8.64. The molecule has 0 spiro atoms. The first-order chi connectivity index (χ1) is 9.91. The quantitative estimate of drug-likeness (QED) is 0.628. The Morgan fingerprint density at radius 2 is 1.59 bits per heavy atom. The second-order valence-electron chi connectivity index (χ2n) is 6.30. The number of benzene rings is 1. The maximum absolute atomic E-state index is 14.1. The minimum Gasteiger partial charge on any atom is -0.399 e. The van der Waals surface area contributed by atoms with Crippen LogP contribution < -0.4 is 5.46 Å². The minimum atomic E-state index is -3.66. The number of rotatable bonds is 3. The molecule has 1 aliphatic rings. The van der Waals surface area contributed by atoms with Crippen molar-refractivity contribution in [2.45, 2.75) is 50.7 Å². The Morgan fingerprint density at radius 1 is 1.09 bits per heavy atom. The lowest BCUT2D eigenvalue weighted by Gasteiger charge is -2.32. The highest BCUT2D eigenvalue weighted by molar-refractivity contribution is 7.91. The molecule has 122 valence electrons. The molecule has 0 aliphatic carbocycles. The lowest BCUT2D eigenvalue weighted by atomic mass is 9.78. The van der Waals surface area contributed by atoms with Gasteiger partial charge >= 0.3 is 7.12 Å². The molecule has 0 aromatic heterocycles. The normalized spacial score (nSPS) is 20.4. The van der Waals surface area contributed by atoms with Gasteiger partial charge in [-0.25, -0.2) is 17.2 Å². The maximum Gasteiger partial charge on any atom is 0.498 e. The zero-order valence-electron chi connectivity index (χ0n) is 13.2. The topological polar surface area (TPSA) is 52.6 Å². The molecule has 1 fully saturated rings. The van der Waals surface area contributed by atoms with Gasteiger partial charge in [-0.2, -0.15) is 0 Å². The Bertz CT molecular complexity index is 685. The largest absolute Gasteiger partial charge is 0.498 e. The Kier molecular flexibility index (Phi) is 4.17. The van der Waals surface area contributed by atoms with Gasteiger partial charge < -0.3 is 9.31 Å². The van der Waals surface area contributed by atoms with Gasteiger partial charge in [0.2, 0.25) is 0 Å². The van der Waals surface area contributed by atoms with E-state index in [4.69, 9.17) is 9.31 Å². The third-order valence-electron chi connectivity index (χ3n) is 4.28. The average Bonchev–Trinajstić information content (AvgIpc) is 2.61. The van der Waals surface area contributed by atoms with E-state index in [0.717, 1.165) is 6.07 Å². The van der Waals surface area contributed by atoms with E-state index >= 15 is 0 Å². The van der Waals surface area contributed by atoms with Crippen molar-refractivity contribution in [2.24, 2.45) is 0 Å². The first-order valence-electron chi connectivity index (χ1n) is 6.98. The Labute approximate surface area is 129 Å². The molecule has 0 saturated carbocycles. The number of hydrogen-bond acceptors (Lipinski definition) is 4. The van der Waals surface area contributed by atoms with Crippen LogP contribution in [0, 0.1) is 11.6 Å². The van der Waals surface area contributed by atoms with E-state index < -0.39 is 39.8 Å². The summed E-state index contributed by atoms with van der Waals surface area (Å²) in [5.41, 5.74) is -1.72. The zero-order valence-corrected chi connectivity index (χ0v) is 14.1. The molecule has 0 N–H and O–H groups in total. The van der Waals surface area contributed by atoms with Crippen molar-refractivity contribution in [1.82, 2.24) is 0 Å². The zero-order chi connectivity index (χ0) is 16.9. The van der Waals surface area contributed by atoms with E-state index in [9.17, 15) is 17.2 Å². The summed E-state index contributed by atoms with van der Waals surface area (Å²) in [5, 5.41) is 0. The molecule has 0 unspecified atom stereocenters. The summed E-state index contributed by atoms with van der Waals surface area (Å²) in [7, 11) is -4.83. The molecule has 22 heavy (non-hydrogen) atoms. The smallest absolute Gasteiger partial charge is 0.399 e. The fraction of sp³-hybridized carbons (Fsp3) is 0.571. The molecule has 4 nitrogen and oxygen atoms in total. The highest BCUT2D eigenvalue weighted by Gasteiger charge is 2.52. The van der Waals surface area contributed by atoms with Crippen molar-refractivity contribution in [3.63, 3.8) is 0 Å². The van der Waals surface area contributed by atoms with E-state index in [2.05, 4.69) is 0 Å². The van der Waals surface area contributed by atoms with E-state index in [0.29, 0.717) is 6.07 Å². The minimum absolute atomic E-state index is 0.207. The molecule has 0 amide bonds. The summed E-state index contributed by atoms with van der Waals surface area (Å²) >= 11 is 0. The second-order valence-corrected chi connectivity index (χ2v) is 8.58. The van der Waals surface area contributed by atoms with Crippen LogP contribution in [-0.2, 0) is 19.1 Å². The van der Waals surface area contributed by atoms with Gasteiger partial charge in [0, 0.05) is 5.46 Å². The molecule has 2 rings (SSSR count). The predicted molar refractivity (Wildman–Crippen MR) is 79.8 cm³/mol. The summed E-state index contributed by atoms with van der Waals surface area (Å²) in [6.07, 6.45) is 0. The molecule has 0 radical (unpaired) electrons. The molecule has 1 aromatic rings. The van der Waals surface area contributed by atoms with E-state index in [-0.39, 0.29) is 16.1 Å². The molecule has 1 saturated heterocycles. The van der Waals surface area contributed by atoms with Crippen LogP contribution in [0.3, 0.4) is 0 Å². The fourth-order valence-corrected chi connectivity index (χ4v) is 3.00. The van der Waals surface area contributed by atoms with Gasteiger partial charge in [-0.3, -0.25) is 0 Å². The first kappa shape index (κ1) is 17.4. The van der Waals surface area contributed by atoms with Crippen molar-refractivity contribution < 1.29 is 26.5 Å². The molecular weight excluding hydrogens is 313 g/mol. The van der Waals surface area contributed by atoms with Gasteiger partial charge in [0.05, 0.1) is 21.9 Å². The number of halogens is 2. The number of hydrogen-bond donors (Lipinski definition) is 0. The standard InChI is InChI=1S/C14H19BF2O4S/c1-6-22(18,19)9-7-10(12(17)11(16)8-9)15-20-13(2,3)14(4,5)21-15/h7-8H,6H2,1-5H3. The molecule has 1 aliphatic heterocycles. The van der Waals surface area contributed by atoms with Gasteiger partial charge in [-0.15, -0.1) is 0 Å². The average molecular weight is 332 g/mol. The van der Waals surface area contributed by atoms with E-state index in [1.54, 1.807) is 27.7 Å². The SMILES string of the molecule is CCS(=O)(=O)c1cc(F)c(F)c(B2OC(C)(C)C(C)(C)O2)c1. The van der Waals surface area contributed by atoms with Crippen molar-refractivity contribution in [3.05, 3.63) is 23.8 Å². The molecule has 0 bridgehead atoms. The Morgan fingerprint density at radius 3 is 2.05 bits per heavy atom. The maximum atomic E-state index is 14.1. The van der Waals surface area contributed by atoms with Crippen molar-refractivity contribution >= 4 is 22.4 Å². The highest BCUT2D eigenvalue weighted by atomic mass is 32.2. The van der Waals surface area contributed by atoms with Gasteiger partial charge in [0.25, 0.3) is 0 Å². The monoisotopic (exact) mass is 332 g/mol. The van der Waals surface area contributed by atoms with Crippen molar-refractivity contribution in [3.8, 4) is 0 Å². The molecular formula is C14H19BF2O4S. The third-order valence-corrected chi connectivity index (χ3v) is 5.99. The molecule has 1 heterocycles. The lowest BCUT2D eigenvalue weighted by Crippen LogP contribution is -2.41. The summed E-state index contributed by atoms with van der Waals surface area (Å²) in [6, 6.07) is 1.77. The van der Waals surface area contributed by atoms with Gasteiger partial charge in [0.15, 0.2) is 21.5 Å². The summed E-state index contributed by atoms with van der Waals surface area (Å²) < 4.78 is 63.1. The van der Waals surface area contributed by atoms with Crippen LogP contribution in [0.25, 0.3) is 0 Å². The van der Waals surface area contributed by atoms with Crippen LogP contribution in [0.1, 0.15) is 34.6 Å². The summed E-state index contributed by atoms with van der Waals surface area (Å²) in [4.78, 5) is -0.279. The second kappa shape index (κ2) is 5.28. The van der Waals surface area contributed by atoms with Crippen LogP contribution in [-0.4, -0.2) is 32.5 Å². The molecule has 1 aromatic carbocycles. The summed E-state index contributed by atoms with van der Waals surface area (Å²) in [6.45, 7) is 8.52. The highest BCUT2D eigenvalue weighted by Crippen LogP contribution is 2.36. The van der Waals surface area contributed by atoms with Crippen molar-refractivity contribution in [2.75, 3.05) is 5.75 Å². The molecule has 8 heteroatoms. The van der Waals surface area contributed by atoms with Gasteiger partial charge in [0.1, 0.15) is 0 Å². The lowest BCUT2D eigenvalue weighted by molar-refractivity contribution is 0.00578. The van der Waals surface area contributed by atoms with E-state index in [1.165, 1.54) is 6.92 Å². The third kappa shape index (κ3) is 2.79. The Hall–Kier alpha value is -0.985. The van der Waals surface area contributed by atoms with Crippen LogP contribution in [0.4, 0.5) is 8.78 Å². The Balaban J connectivity index is 2.54. The predicted octanol–water partition coefficient (Wildman–Crippen LogP) is 2.06. The van der Waals surface area contributed by atoms with Crippen LogP contribution >= 0.6 is 0 Å². The van der Waals surface area contributed by atoms with E-state index in [1.807, 2.05) is 0 Å². The van der Waals surface area contributed by atoms with Crippen LogP contribution in [0.5, 0.6) is 0 Å². The number of sulfone groups is 1. The van der Waals surface area contributed by atoms with Gasteiger partial charge in [-0.05, 0) is 39.8 Å². The summed E-state index contributed by atoms with van der Waals surface area (Å²) in [5.74, 6) is -2.60.